The second kappa shape index (κ2) is 9.62. The first-order chi connectivity index (χ1) is 16.2. The first-order valence-corrected chi connectivity index (χ1v) is 11.8. The number of aryl methyl sites for hydroxylation is 2. The summed E-state index contributed by atoms with van der Waals surface area (Å²) in [6.07, 6.45) is 3.68. The third-order valence-corrected chi connectivity index (χ3v) is 7.10. The highest BCUT2D eigenvalue weighted by atomic mass is 16.6. The molecule has 4 unspecified atom stereocenters. The molecule has 0 aliphatic heterocycles. The van der Waals surface area contributed by atoms with Gasteiger partial charge in [0.05, 0.1) is 11.1 Å². The van der Waals surface area contributed by atoms with E-state index >= 15 is 0 Å². The van der Waals surface area contributed by atoms with Crippen LogP contribution in [0.1, 0.15) is 51.1 Å². The molecule has 0 N–H and O–H groups in total. The Hall–Kier alpha value is -3.40. The molecule has 4 atom stereocenters. The van der Waals surface area contributed by atoms with Crippen LogP contribution in [0, 0.1) is 11.8 Å². The molecule has 0 spiro atoms. The fourth-order valence-electron chi connectivity index (χ4n) is 5.42. The summed E-state index contributed by atoms with van der Waals surface area (Å²) in [6.45, 7) is 0. The fourth-order valence-corrected chi connectivity index (χ4v) is 5.42. The average molecular weight is 441 g/mol. The minimum atomic E-state index is -0.444. The van der Waals surface area contributed by atoms with Gasteiger partial charge in [0.15, 0.2) is 0 Å². The number of carbonyl (C=O) groups is 2. The van der Waals surface area contributed by atoms with Crippen LogP contribution in [-0.4, -0.2) is 24.1 Å². The Bertz CT molecular complexity index is 1110. The van der Waals surface area contributed by atoms with Crippen LogP contribution in [0.2, 0.25) is 0 Å². The lowest BCUT2D eigenvalue weighted by molar-refractivity contribution is -0.0368. The van der Waals surface area contributed by atoms with E-state index in [1.807, 2.05) is 36.4 Å². The summed E-state index contributed by atoms with van der Waals surface area (Å²) in [5.74, 6) is -0.205. The Morgan fingerprint density at radius 1 is 0.636 bits per heavy atom. The molecule has 0 heterocycles. The maximum atomic E-state index is 13.0. The third-order valence-electron chi connectivity index (χ3n) is 7.10. The summed E-state index contributed by atoms with van der Waals surface area (Å²) < 4.78 is 12.1. The van der Waals surface area contributed by atoms with E-state index in [2.05, 4.69) is 24.3 Å². The molecule has 0 bridgehead atoms. The van der Waals surface area contributed by atoms with E-state index in [1.165, 1.54) is 11.1 Å². The molecule has 0 saturated heterocycles. The maximum Gasteiger partial charge on any atom is 0.338 e. The van der Waals surface area contributed by atoms with Crippen LogP contribution in [-0.2, 0) is 22.3 Å². The zero-order chi connectivity index (χ0) is 22.6. The summed E-state index contributed by atoms with van der Waals surface area (Å²) in [5.41, 5.74) is 3.81. The standard InChI is InChI=1S/C29H28O4/c30-28(22-11-3-1-4-12-22)32-26-19-24-16-15-20-9-7-8-10-21(20)17-18-25(24)27(26)33-29(31)23-13-5-2-6-14-23/h1-14,24-27H,15-19H2. The van der Waals surface area contributed by atoms with Crippen molar-refractivity contribution in [2.24, 2.45) is 11.8 Å². The molecule has 168 valence electrons. The lowest BCUT2D eigenvalue weighted by Crippen LogP contribution is -2.35. The molecule has 3 aromatic rings. The van der Waals surface area contributed by atoms with Crippen LogP contribution < -0.4 is 0 Å². The molecular weight excluding hydrogens is 412 g/mol. The Morgan fingerprint density at radius 2 is 1.15 bits per heavy atom. The van der Waals surface area contributed by atoms with E-state index in [0.29, 0.717) is 17.0 Å². The van der Waals surface area contributed by atoms with Crippen molar-refractivity contribution in [2.75, 3.05) is 0 Å². The highest BCUT2D eigenvalue weighted by Crippen LogP contribution is 2.43. The minimum absolute atomic E-state index is 0.166. The number of hydrogen-bond donors (Lipinski definition) is 0. The van der Waals surface area contributed by atoms with E-state index in [9.17, 15) is 9.59 Å². The molecule has 4 heteroatoms. The van der Waals surface area contributed by atoms with Crippen molar-refractivity contribution in [3.63, 3.8) is 0 Å². The Morgan fingerprint density at radius 3 is 1.76 bits per heavy atom. The quantitative estimate of drug-likeness (QED) is 0.492. The molecule has 3 aromatic carbocycles. The van der Waals surface area contributed by atoms with Gasteiger partial charge >= 0.3 is 11.9 Å². The number of rotatable bonds is 4. The Kier molecular flexibility index (Phi) is 6.25. The van der Waals surface area contributed by atoms with Crippen molar-refractivity contribution >= 4 is 11.9 Å². The number of fused-ring (bicyclic) bond motifs is 2. The molecule has 1 fully saturated rings. The van der Waals surface area contributed by atoms with E-state index in [0.717, 1.165) is 32.1 Å². The lowest BCUT2D eigenvalue weighted by Gasteiger charge is -2.28. The van der Waals surface area contributed by atoms with Crippen LogP contribution in [0.4, 0.5) is 0 Å². The van der Waals surface area contributed by atoms with E-state index in [-0.39, 0.29) is 17.9 Å². The van der Waals surface area contributed by atoms with Crippen molar-refractivity contribution in [1.82, 2.24) is 0 Å². The van der Waals surface area contributed by atoms with Gasteiger partial charge in [0.2, 0.25) is 0 Å². The van der Waals surface area contributed by atoms with Gasteiger partial charge in [-0.05, 0) is 73.4 Å². The minimum Gasteiger partial charge on any atom is -0.455 e. The summed E-state index contributed by atoms with van der Waals surface area (Å²) in [6, 6.07) is 26.7. The van der Waals surface area contributed by atoms with Gasteiger partial charge in [-0.3, -0.25) is 0 Å². The monoisotopic (exact) mass is 440 g/mol. The van der Waals surface area contributed by atoms with Crippen LogP contribution in [0.5, 0.6) is 0 Å². The van der Waals surface area contributed by atoms with Gasteiger partial charge in [-0.15, -0.1) is 0 Å². The normalized spacial score (nSPS) is 24.0. The Labute approximate surface area is 194 Å². The molecule has 2 aliphatic rings. The number of ether oxygens (including phenoxy) is 2. The van der Waals surface area contributed by atoms with Gasteiger partial charge in [-0.2, -0.15) is 0 Å². The predicted octanol–water partition coefficient (Wildman–Crippen LogP) is 5.65. The van der Waals surface area contributed by atoms with Gasteiger partial charge in [0.1, 0.15) is 12.2 Å². The zero-order valence-corrected chi connectivity index (χ0v) is 18.6. The van der Waals surface area contributed by atoms with Crippen molar-refractivity contribution < 1.29 is 19.1 Å². The van der Waals surface area contributed by atoms with Crippen LogP contribution in [0.3, 0.4) is 0 Å². The summed E-state index contributed by atoms with van der Waals surface area (Å²) in [5, 5.41) is 0. The maximum absolute atomic E-state index is 13.0. The highest BCUT2D eigenvalue weighted by Gasteiger charge is 2.47. The van der Waals surface area contributed by atoms with Gasteiger partial charge in [-0.25, -0.2) is 9.59 Å². The van der Waals surface area contributed by atoms with Gasteiger partial charge in [0.25, 0.3) is 0 Å². The van der Waals surface area contributed by atoms with Gasteiger partial charge in [-0.1, -0.05) is 60.7 Å². The molecule has 1 saturated carbocycles. The number of carbonyl (C=O) groups excluding carboxylic acids is 2. The largest absolute Gasteiger partial charge is 0.455 e. The van der Waals surface area contributed by atoms with E-state index in [1.54, 1.807) is 24.3 Å². The average Bonchev–Trinajstić information content (AvgIpc) is 3.16. The third kappa shape index (κ3) is 4.70. The fraction of sp³-hybridized carbons (Fsp3) is 0.310. The summed E-state index contributed by atoms with van der Waals surface area (Å²) in [4.78, 5) is 25.8. The first-order valence-electron chi connectivity index (χ1n) is 11.8. The molecular formula is C29H28O4. The molecule has 5 rings (SSSR count). The van der Waals surface area contributed by atoms with Gasteiger partial charge in [0, 0.05) is 5.92 Å². The predicted molar refractivity (Wildman–Crippen MR) is 126 cm³/mol. The second-order valence-electron chi connectivity index (χ2n) is 9.05. The van der Waals surface area contributed by atoms with Crippen molar-refractivity contribution in [1.29, 1.82) is 0 Å². The summed E-state index contributed by atoms with van der Waals surface area (Å²) in [7, 11) is 0. The second-order valence-corrected chi connectivity index (χ2v) is 9.05. The molecule has 0 amide bonds. The van der Waals surface area contributed by atoms with Crippen molar-refractivity contribution in [3.8, 4) is 0 Å². The van der Waals surface area contributed by atoms with Crippen molar-refractivity contribution in [2.45, 2.75) is 44.3 Å². The van der Waals surface area contributed by atoms with Crippen LogP contribution in [0.25, 0.3) is 0 Å². The SMILES string of the molecule is O=C(OC1CC2CCc3ccccc3CCC2C1OC(=O)c1ccccc1)c1ccccc1. The first kappa shape index (κ1) is 21.4. The van der Waals surface area contributed by atoms with Crippen molar-refractivity contribution in [3.05, 3.63) is 107 Å². The van der Waals surface area contributed by atoms with Crippen LogP contribution in [0.15, 0.2) is 84.9 Å². The van der Waals surface area contributed by atoms with Gasteiger partial charge < -0.3 is 9.47 Å². The molecule has 33 heavy (non-hydrogen) atoms. The Balaban J connectivity index is 1.39. The zero-order valence-electron chi connectivity index (χ0n) is 18.6. The number of hydrogen-bond acceptors (Lipinski definition) is 4. The highest BCUT2D eigenvalue weighted by molar-refractivity contribution is 5.90. The number of esters is 2. The molecule has 4 nitrogen and oxygen atoms in total. The van der Waals surface area contributed by atoms with E-state index < -0.39 is 12.2 Å². The topological polar surface area (TPSA) is 52.6 Å². The lowest BCUT2D eigenvalue weighted by atomic mass is 9.81. The van der Waals surface area contributed by atoms with Crippen LogP contribution >= 0.6 is 0 Å². The molecule has 0 radical (unpaired) electrons. The smallest absolute Gasteiger partial charge is 0.338 e. The summed E-state index contributed by atoms with van der Waals surface area (Å²) >= 11 is 0. The number of benzene rings is 3. The van der Waals surface area contributed by atoms with E-state index in [4.69, 9.17) is 9.47 Å². The molecule has 0 aromatic heterocycles. The molecule has 2 aliphatic carbocycles.